The van der Waals surface area contributed by atoms with E-state index in [1.54, 1.807) is 13.2 Å². The zero-order valence-electron chi connectivity index (χ0n) is 9.54. The second kappa shape index (κ2) is 6.51. The summed E-state index contributed by atoms with van der Waals surface area (Å²) in [5.41, 5.74) is 0.987. The molecule has 1 aromatic carbocycles. The molecule has 0 spiro atoms. The van der Waals surface area contributed by atoms with Crippen molar-refractivity contribution < 1.29 is 26.9 Å². The predicted octanol–water partition coefficient (Wildman–Crippen LogP) is 1.77. The van der Waals surface area contributed by atoms with E-state index in [-0.39, 0.29) is 0 Å². The van der Waals surface area contributed by atoms with E-state index < -0.39 is 10.4 Å². The van der Waals surface area contributed by atoms with Crippen molar-refractivity contribution in [2.24, 2.45) is 0 Å². The predicted molar refractivity (Wildman–Crippen MR) is 65.1 cm³/mol. The Kier molecular flexibility index (Phi) is 5.30. The van der Waals surface area contributed by atoms with Crippen molar-refractivity contribution in [3.8, 4) is 17.1 Å². The van der Waals surface area contributed by atoms with Gasteiger partial charge in [-0.25, -0.2) is 0 Å². The molecule has 0 unspecified atom stereocenters. The maximum Gasteiger partial charge on any atom is 0.433 e. The lowest BCUT2D eigenvalue weighted by molar-refractivity contribution is -0.135. The number of hydrogen-bond acceptors (Lipinski definition) is 6. The summed E-state index contributed by atoms with van der Waals surface area (Å²) in [5, 5.41) is 2.43. The van der Waals surface area contributed by atoms with Crippen LogP contribution in [0.2, 0.25) is 0 Å². The van der Waals surface area contributed by atoms with E-state index in [0.717, 1.165) is 28.0 Å². The van der Waals surface area contributed by atoms with Gasteiger partial charge in [-0.1, -0.05) is 6.07 Å². The molecule has 0 atom stereocenters. The number of benzene rings is 1. The van der Waals surface area contributed by atoms with Crippen molar-refractivity contribution in [1.29, 1.82) is 0 Å². The number of hydrogen-bond donors (Lipinski definition) is 1. The van der Waals surface area contributed by atoms with Crippen LogP contribution in [-0.4, -0.2) is 20.1 Å². The van der Waals surface area contributed by atoms with Crippen LogP contribution in [0.5, 0.6) is 5.75 Å². The molecule has 0 heterocycles. The Balaban J connectivity index is 2.56. The topological polar surface area (TPSA) is 82.1 Å². The smallest absolute Gasteiger partial charge is 0.433 e. The van der Waals surface area contributed by atoms with Gasteiger partial charge in [-0.15, -0.1) is 0 Å². The highest BCUT2D eigenvalue weighted by atomic mass is 32.3. The van der Waals surface area contributed by atoms with Crippen LogP contribution < -0.4 is 4.74 Å². The molecule has 0 radical (unpaired) electrons. The summed E-state index contributed by atoms with van der Waals surface area (Å²) < 4.78 is 37.0. The van der Waals surface area contributed by atoms with Crippen LogP contribution >= 0.6 is 11.8 Å². The second-order valence-electron chi connectivity index (χ2n) is 3.02. The third kappa shape index (κ3) is 5.29. The first-order chi connectivity index (χ1) is 8.42. The van der Waals surface area contributed by atoms with Crippen molar-refractivity contribution in [2.45, 2.75) is 11.8 Å². The molecule has 1 aromatic rings. The van der Waals surface area contributed by atoms with E-state index in [9.17, 15) is 8.42 Å². The summed E-state index contributed by atoms with van der Waals surface area (Å²) in [4.78, 5) is 4.74. The fraction of sp³-hybridized carbons (Fsp3) is 0.200. The van der Waals surface area contributed by atoms with Gasteiger partial charge in [0.25, 0.3) is 0 Å². The molecular weight excluding hydrogens is 280 g/mol. The van der Waals surface area contributed by atoms with Gasteiger partial charge in [0, 0.05) is 10.1 Å². The zero-order chi connectivity index (χ0) is 13.6. The van der Waals surface area contributed by atoms with Gasteiger partial charge in [0.15, 0.2) is 6.11 Å². The number of methoxy groups -OCH3 is 1. The molecule has 0 fully saturated rings. The van der Waals surface area contributed by atoms with E-state index in [0.29, 0.717) is 0 Å². The van der Waals surface area contributed by atoms with Crippen LogP contribution in [0.25, 0.3) is 0 Å². The Bertz CT molecular complexity index is 570. The summed E-state index contributed by atoms with van der Waals surface area (Å²) in [7, 11) is -3.08. The summed E-state index contributed by atoms with van der Waals surface area (Å²) in [6, 6.07) is 5.46. The highest BCUT2D eigenvalue weighted by Gasteiger charge is 2.03. The molecule has 0 amide bonds. The number of thioether (sulfide) groups is 1. The van der Waals surface area contributed by atoms with Crippen molar-refractivity contribution in [2.75, 3.05) is 7.11 Å². The monoisotopic (exact) mass is 290 g/mol. The SMILES string of the molecule is COc1cc(SC#COOS(=O)(=O)O)ccc1C. The number of rotatable bonds is 4. The van der Waals surface area contributed by atoms with Crippen LogP contribution in [0.3, 0.4) is 0 Å². The summed E-state index contributed by atoms with van der Waals surface area (Å²) in [6.45, 7) is 1.90. The first-order valence-corrected chi connectivity index (χ1v) is 6.74. The summed E-state index contributed by atoms with van der Waals surface area (Å²) in [6.07, 6.45) is 1.95. The average Bonchev–Trinajstić information content (AvgIpc) is 2.29. The van der Waals surface area contributed by atoms with E-state index in [2.05, 4.69) is 14.5 Å². The van der Waals surface area contributed by atoms with Crippen LogP contribution in [0.15, 0.2) is 23.1 Å². The van der Waals surface area contributed by atoms with E-state index in [1.807, 2.05) is 25.2 Å². The van der Waals surface area contributed by atoms with Gasteiger partial charge in [-0.05, 0) is 40.7 Å². The van der Waals surface area contributed by atoms with Gasteiger partial charge in [0.05, 0.1) is 7.11 Å². The van der Waals surface area contributed by atoms with Gasteiger partial charge in [0.1, 0.15) is 5.75 Å². The normalized spacial score (nSPS) is 10.4. The van der Waals surface area contributed by atoms with Gasteiger partial charge in [0.2, 0.25) is 0 Å². The molecule has 0 aliphatic rings. The Morgan fingerprint density at radius 3 is 2.72 bits per heavy atom. The zero-order valence-corrected chi connectivity index (χ0v) is 11.2. The lowest BCUT2D eigenvalue weighted by Gasteiger charge is -2.04. The molecule has 0 aromatic heterocycles. The minimum Gasteiger partial charge on any atom is -0.496 e. The first-order valence-electron chi connectivity index (χ1n) is 4.56. The minimum atomic E-state index is -4.64. The van der Waals surface area contributed by atoms with E-state index in [1.165, 1.54) is 0 Å². The molecule has 0 saturated heterocycles. The van der Waals surface area contributed by atoms with Crippen LogP contribution in [0, 0.1) is 18.3 Å². The Labute approximate surface area is 109 Å². The fourth-order valence-corrected chi connectivity index (χ4v) is 1.64. The third-order valence-electron chi connectivity index (χ3n) is 1.75. The first kappa shape index (κ1) is 14.7. The summed E-state index contributed by atoms with van der Waals surface area (Å²) >= 11 is 1.09. The Morgan fingerprint density at radius 2 is 2.11 bits per heavy atom. The highest BCUT2D eigenvalue weighted by Crippen LogP contribution is 2.25. The van der Waals surface area contributed by atoms with Crippen LogP contribution in [0.4, 0.5) is 0 Å². The number of aryl methyl sites for hydroxylation is 1. The van der Waals surface area contributed by atoms with Crippen molar-refractivity contribution in [1.82, 2.24) is 0 Å². The molecule has 0 saturated carbocycles. The van der Waals surface area contributed by atoms with Gasteiger partial charge in [-0.3, -0.25) is 9.44 Å². The van der Waals surface area contributed by atoms with Gasteiger partial charge in [-0.2, -0.15) is 8.42 Å². The lowest BCUT2D eigenvalue weighted by Crippen LogP contribution is -2.01. The van der Waals surface area contributed by atoms with E-state index in [4.69, 9.17) is 9.29 Å². The largest absolute Gasteiger partial charge is 0.496 e. The number of ether oxygens (including phenoxy) is 1. The lowest BCUT2D eigenvalue weighted by atomic mass is 10.2. The van der Waals surface area contributed by atoms with Crippen molar-refractivity contribution >= 4 is 22.2 Å². The Morgan fingerprint density at radius 1 is 1.39 bits per heavy atom. The minimum absolute atomic E-state index is 0.719. The molecule has 0 bridgehead atoms. The molecule has 1 N–H and O–H groups in total. The summed E-state index contributed by atoms with van der Waals surface area (Å²) in [5.74, 6) is 0.719. The molecule has 1 rings (SSSR count). The highest BCUT2D eigenvalue weighted by molar-refractivity contribution is 8.03. The third-order valence-corrected chi connectivity index (χ3v) is 2.67. The quantitative estimate of drug-likeness (QED) is 0.297. The van der Waals surface area contributed by atoms with Crippen molar-refractivity contribution in [3.05, 3.63) is 23.8 Å². The van der Waals surface area contributed by atoms with Crippen molar-refractivity contribution in [3.63, 3.8) is 0 Å². The second-order valence-corrected chi connectivity index (χ2v) is 4.89. The maximum atomic E-state index is 10.1. The molecule has 8 heteroatoms. The van der Waals surface area contributed by atoms with Gasteiger partial charge < -0.3 is 4.74 Å². The molecule has 98 valence electrons. The molecule has 18 heavy (non-hydrogen) atoms. The molecule has 0 aliphatic heterocycles. The Hall–Kier alpha value is -1.40. The van der Waals surface area contributed by atoms with Gasteiger partial charge >= 0.3 is 10.4 Å². The average molecular weight is 290 g/mol. The fourth-order valence-electron chi connectivity index (χ4n) is 1.02. The molecule has 0 aliphatic carbocycles. The van der Waals surface area contributed by atoms with E-state index >= 15 is 0 Å². The molecule has 6 nitrogen and oxygen atoms in total. The standard InChI is InChI=1S/C10H10O6S2/c1-8-3-4-9(7-10(8)14-2)17-6-5-15-16-18(11,12)13/h3-4,7H,1-2H3,(H,11,12,13). The molecular formula is C10H10O6S2. The van der Waals surface area contributed by atoms with Crippen LogP contribution in [-0.2, 0) is 19.6 Å². The van der Waals surface area contributed by atoms with Crippen LogP contribution in [0.1, 0.15) is 5.56 Å². The maximum absolute atomic E-state index is 10.1.